The number of piperidine rings is 1. The van der Waals surface area contributed by atoms with E-state index in [0.717, 1.165) is 35.9 Å². The Morgan fingerprint density at radius 2 is 1.96 bits per heavy atom. The van der Waals surface area contributed by atoms with Crippen LogP contribution in [-0.2, 0) is 0 Å². The van der Waals surface area contributed by atoms with Crippen molar-refractivity contribution in [3.63, 3.8) is 0 Å². The first-order chi connectivity index (χ1) is 12.7. The zero-order valence-corrected chi connectivity index (χ0v) is 16.2. The normalized spacial score (nSPS) is 24.4. The van der Waals surface area contributed by atoms with Gasteiger partial charge >= 0.3 is 0 Å². The average molecular weight is 417 g/mol. The molecule has 136 valence electrons. The van der Waals surface area contributed by atoms with Crippen LogP contribution in [0.2, 0.25) is 0 Å². The van der Waals surface area contributed by atoms with Crippen molar-refractivity contribution in [2.75, 3.05) is 7.11 Å². The Bertz CT molecular complexity index is 785. The van der Waals surface area contributed by atoms with E-state index < -0.39 is 0 Å². The number of methoxy groups -OCH3 is 1. The number of benzene rings is 1. The number of ether oxygens (including phenoxy) is 2. The number of hydrogen-bond donors (Lipinski definition) is 0. The number of aromatic nitrogens is 1. The Hall–Kier alpha value is -2.08. The van der Waals surface area contributed by atoms with Gasteiger partial charge in [0, 0.05) is 35.6 Å². The molecule has 0 spiro atoms. The Morgan fingerprint density at radius 1 is 1.19 bits per heavy atom. The fourth-order valence-electron chi connectivity index (χ4n) is 4.10. The van der Waals surface area contributed by atoms with E-state index in [1.807, 2.05) is 30.3 Å². The van der Waals surface area contributed by atoms with E-state index in [9.17, 15) is 4.79 Å². The first-order valence-electron chi connectivity index (χ1n) is 8.88. The van der Waals surface area contributed by atoms with Gasteiger partial charge in [-0.1, -0.05) is 0 Å². The van der Waals surface area contributed by atoms with Crippen LogP contribution in [0.4, 0.5) is 0 Å². The Morgan fingerprint density at radius 3 is 2.62 bits per heavy atom. The molecule has 0 radical (unpaired) electrons. The lowest BCUT2D eigenvalue weighted by Crippen LogP contribution is -2.49. The van der Waals surface area contributed by atoms with Crippen molar-refractivity contribution in [2.24, 2.45) is 0 Å². The number of nitrogens with zero attached hydrogens (tertiary/aromatic N) is 2. The van der Waals surface area contributed by atoms with Gasteiger partial charge in [0.05, 0.1) is 18.9 Å². The van der Waals surface area contributed by atoms with Crippen molar-refractivity contribution >= 4 is 21.8 Å². The van der Waals surface area contributed by atoms with Gasteiger partial charge in [0.25, 0.3) is 5.91 Å². The first kappa shape index (κ1) is 17.3. The molecule has 1 aromatic heterocycles. The van der Waals surface area contributed by atoms with Crippen LogP contribution < -0.4 is 9.47 Å². The Balaban J connectivity index is 1.50. The molecule has 6 heteroatoms. The van der Waals surface area contributed by atoms with Crippen molar-refractivity contribution in [1.82, 2.24) is 9.88 Å². The van der Waals surface area contributed by atoms with Crippen LogP contribution in [0.1, 0.15) is 36.0 Å². The van der Waals surface area contributed by atoms with E-state index in [1.54, 1.807) is 19.5 Å². The summed E-state index contributed by atoms with van der Waals surface area (Å²) in [7, 11) is 1.61. The van der Waals surface area contributed by atoms with Crippen LogP contribution in [0.15, 0.2) is 47.2 Å². The molecule has 26 heavy (non-hydrogen) atoms. The quantitative estimate of drug-likeness (QED) is 0.753. The van der Waals surface area contributed by atoms with E-state index in [-0.39, 0.29) is 24.1 Å². The lowest BCUT2D eigenvalue weighted by molar-refractivity contribution is 0.0357. The summed E-state index contributed by atoms with van der Waals surface area (Å²) in [4.78, 5) is 19.4. The first-order valence-corrected chi connectivity index (χ1v) is 9.68. The van der Waals surface area contributed by atoms with Crippen LogP contribution in [0, 0.1) is 0 Å². The van der Waals surface area contributed by atoms with Crippen molar-refractivity contribution in [2.45, 2.75) is 43.9 Å². The SMILES string of the molecule is COc1ccc(Br)c(C(=O)N2C3CCC2CC(Oc2cccnc2)C3)c1. The molecule has 2 unspecified atom stereocenters. The second kappa shape index (κ2) is 7.27. The molecular formula is C20H21BrN2O3. The largest absolute Gasteiger partial charge is 0.497 e. The summed E-state index contributed by atoms with van der Waals surface area (Å²) in [6.45, 7) is 0. The van der Waals surface area contributed by atoms with Gasteiger partial charge in [-0.05, 0) is 59.1 Å². The molecule has 3 heterocycles. The molecule has 2 atom stereocenters. The molecule has 0 aliphatic carbocycles. The Kier molecular flexibility index (Phi) is 4.85. The molecule has 2 aliphatic heterocycles. The summed E-state index contributed by atoms with van der Waals surface area (Å²) >= 11 is 3.51. The lowest BCUT2D eigenvalue weighted by Gasteiger charge is -2.39. The van der Waals surface area contributed by atoms with Crippen molar-refractivity contribution in [3.05, 3.63) is 52.8 Å². The molecule has 4 rings (SSSR count). The summed E-state index contributed by atoms with van der Waals surface area (Å²) in [6, 6.07) is 9.78. The number of hydrogen-bond acceptors (Lipinski definition) is 4. The number of fused-ring (bicyclic) bond motifs is 2. The van der Waals surface area contributed by atoms with E-state index in [2.05, 4.69) is 25.8 Å². The molecule has 2 aliphatic rings. The molecule has 2 saturated heterocycles. The second-order valence-electron chi connectivity index (χ2n) is 6.84. The number of carbonyl (C=O) groups is 1. The van der Waals surface area contributed by atoms with Gasteiger partial charge < -0.3 is 14.4 Å². The summed E-state index contributed by atoms with van der Waals surface area (Å²) in [5.41, 5.74) is 0.660. The predicted molar refractivity (Wildman–Crippen MR) is 102 cm³/mol. The number of pyridine rings is 1. The van der Waals surface area contributed by atoms with Gasteiger partial charge in [-0.3, -0.25) is 9.78 Å². The van der Waals surface area contributed by atoms with Crippen LogP contribution in [0.5, 0.6) is 11.5 Å². The van der Waals surface area contributed by atoms with Crippen molar-refractivity contribution in [3.8, 4) is 11.5 Å². The van der Waals surface area contributed by atoms with Gasteiger partial charge in [-0.25, -0.2) is 0 Å². The minimum atomic E-state index is 0.0723. The number of halogens is 1. The van der Waals surface area contributed by atoms with Gasteiger partial charge in [0.2, 0.25) is 0 Å². The van der Waals surface area contributed by atoms with Crippen LogP contribution in [-0.4, -0.2) is 41.1 Å². The minimum absolute atomic E-state index is 0.0723. The van der Waals surface area contributed by atoms with Crippen LogP contribution in [0.25, 0.3) is 0 Å². The number of rotatable bonds is 4. The highest BCUT2D eigenvalue weighted by molar-refractivity contribution is 9.10. The second-order valence-corrected chi connectivity index (χ2v) is 7.70. The predicted octanol–water partition coefficient (Wildman–Crippen LogP) is 4.07. The van der Waals surface area contributed by atoms with Gasteiger partial charge in [0.1, 0.15) is 17.6 Å². The third-order valence-electron chi connectivity index (χ3n) is 5.27. The summed E-state index contributed by atoms with van der Waals surface area (Å²) in [6.07, 6.45) is 7.40. The number of amides is 1. The van der Waals surface area contributed by atoms with E-state index in [4.69, 9.17) is 9.47 Å². The average Bonchev–Trinajstić information content (AvgIpc) is 2.93. The highest BCUT2D eigenvalue weighted by Gasteiger charge is 2.44. The molecule has 5 nitrogen and oxygen atoms in total. The topological polar surface area (TPSA) is 51.7 Å². The van der Waals surface area contributed by atoms with Gasteiger partial charge in [-0.15, -0.1) is 0 Å². The van der Waals surface area contributed by atoms with Crippen molar-refractivity contribution in [1.29, 1.82) is 0 Å². The van der Waals surface area contributed by atoms with E-state index in [1.165, 1.54) is 0 Å². The molecule has 2 fully saturated rings. The standard InChI is InChI=1S/C20H21BrN2O3/c1-25-15-6-7-19(21)18(11-15)20(24)23-13-4-5-14(23)10-17(9-13)26-16-3-2-8-22-12-16/h2-3,6-8,11-14,17H,4-5,9-10H2,1H3. The van der Waals surface area contributed by atoms with E-state index in [0.29, 0.717) is 11.3 Å². The van der Waals surface area contributed by atoms with Crippen LogP contribution in [0.3, 0.4) is 0 Å². The molecule has 0 N–H and O–H groups in total. The fourth-order valence-corrected chi connectivity index (χ4v) is 4.51. The Labute approximate surface area is 161 Å². The summed E-state index contributed by atoms with van der Waals surface area (Å²) in [5, 5.41) is 0. The molecule has 2 bridgehead atoms. The maximum absolute atomic E-state index is 13.2. The van der Waals surface area contributed by atoms with Gasteiger partial charge in [-0.2, -0.15) is 0 Å². The fraction of sp³-hybridized carbons (Fsp3) is 0.400. The number of carbonyl (C=O) groups excluding carboxylic acids is 1. The molecule has 0 saturated carbocycles. The van der Waals surface area contributed by atoms with Gasteiger partial charge in [0.15, 0.2) is 0 Å². The molecular weight excluding hydrogens is 396 g/mol. The summed E-state index contributed by atoms with van der Waals surface area (Å²) in [5.74, 6) is 1.56. The maximum Gasteiger partial charge on any atom is 0.255 e. The van der Waals surface area contributed by atoms with Crippen molar-refractivity contribution < 1.29 is 14.3 Å². The van der Waals surface area contributed by atoms with Crippen LogP contribution >= 0.6 is 15.9 Å². The molecule has 1 aromatic carbocycles. The molecule has 1 amide bonds. The summed E-state index contributed by atoms with van der Waals surface area (Å²) < 4.78 is 12.2. The zero-order valence-electron chi connectivity index (χ0n) is 14.6. The highest BCUT2D eigenvalue weighted by Crippen LogP contribution is 2.39. The molecule has 2 aromatic rings. The monoisotopic (exact) mass is 416 g/mol. The smallest absolute Gasteiger partial charge is 0.255 e. The zero-order chi connectivity index (χ0) is 18.1. The third kappa shape index (κ3) is 3.30. The highest BCUT2D eigenvalue weighted by atomic mass is 79.9. The third-order valence-corrected chi connectivity index (χ3v) is 5.96. The maximum atomic E-state index is 13.2. The minimum Gasteiger partial charge on any atom is -0.497 e. The van der Waals surface area contributed by atoms with E-state index >= 15 is 0 Å². The lowest BCUT2D eigenvalue weighted by atomic mass is 9.98.